The summed E-state index contributed by atoms with van der Waals surface area (Å²) in [6.45, 7) is 0. The van der Waals surface area contributed by atoms with Crippen molar-refractivity contribution < 1.29 is 13.9 Å². The molecule has 0 aliphatic carbocycles. The Balaban J connectivity index is 1.89. The van der Waals surface area contributed by atoms with Crippen molar-refractivity contribution in [3.8, 4) is 16.9 Å². The summed E-state index contributed by atoms with van der Waals surface area (Å²) in [7, 11) is 1.26. The van der Waals surface area contributed by atoms with Crippen LogP contribution in [-0.2, 0) is 4.74 Å². The number of nitrogens with zero attached hydrogens (tertiary/aromatic N) is 3. The van der Waals surface area contributed by atoms with Gasteiger partial charge in [0.2, 0.25) is 0 Å². The highest BCUT2D eigenvalue weighted by atomic mass is 19.1. The first-order chi connectivity index (χ1) is 15.1. The van der Waals surface area contributed by atoms with E-state index in [9.17, 15) is 14.0 Å². The third-order valence-electron chi connectivity index (χ3n) is 4.59. The quantitative estimate of drug-likeness (QED) is 0.359. The first kappa shape index (κ1) is 20.0. The second kappa shape index (κ2) is 8.58. The van der Waals surface area contributed by atoms with Crippen LogP contribution in [0.4, 0.5) is 15.8 Å². The van der Waals surface area contributed by atoms with Crippen LogP contribution in [0.3, 0.4) is 0 Å². The van der Waals surface area contributed by atoms with Gasteiger partial charge in [0.15, 0.2) is 5.69 Å². The normalized spacial score (nSPS) is 11.0. The minimum atomic E-state index is -0.584. The summed E-state index contributed by atoms with van der Waals surface area (Å²) in [5, 5.41) is 11.1. The van der Waals surface area contributed by atoms with Gasteiger partial charge in [-0.25, -0.2) is 13.9 Å². The molecule has 0 unspecified atom stereocenters. The van der Waals surface area contributed by atoms with E-state index in [0.717, 1.165) is 0 Å². The highest BCUT2D eigenvalue weighted by Gasteiger charge is 2.20. The van der Waals surface area contributed by atoms with Crippen LogP contribution in [0.15, 0.2) is 93.9 Å². The Labute approximate surface area is 176 Å². The zero-order valence-corrected chi connectivity index (χ0v) is 16.4. The Kier molecular flexibility index (Phi) is 5.53. The minimum absolute atomic E-state index is 0.0892. The maximum absolute atomic E-state index is 14.5. The number of H-pyrrole nitrogens is 1. The van der Waals surface area contributed by atoms with Crippen molar-refractivity contribution in [2.45, 2.75) is 0 Å². The molecule has 154 valence electrons. The van der Waals surface area contributed by atoms with Gasteiger partial charge in [-0.3, -0.25) is 9.89 Å². The average Bonchev–Trinajstić information content (AvgIpc) is 3.14. The third-order valence-corrected chi connectivity index (χ3v) is 4.59. The Hall–Kier alpha value is -4.33. The van der Waals surface area contributed by atoms with Crippen LogP contribution in [0.25, 0.3) is 16.9 Å². The fourth-order valence-electron chi connectivity index (χ4n) is 3.08. The fraction of sp³-hybridized carbons (Fsp3) is 0.0435. The monoisotopic (exact) mass is 416 g/mol. The number of halogens is 1. The van der Waals surface area contributed by atoms with Crippen LogP contribution in [0.5, 0.6) is 0 Å². The number of benzene rings is 3. The standard InChI is InChI=1S/C23H17FN4O3/c1-31-23(30)17-12-6-8-14-19(17)25-26-21-20(16-11-5-7-13-18(16)24)27-28(22(21)29)15-9-3-2-4-10-15/h2-14,27H,1H3. The summed E-state index contributed by atoms with van der Waals surface area (Å²) >= 11 is 0. The van der Waals surface area contributed by atoms with Crippen molar-refractivity contribution in [3.05, 3.63) is 101 Å². The van der Waals surface area contributed by atoms with Gasteiger partial charge in [-0.15, -0.1) is 10.2 Å². The van der Waals surface area contributed by atoms with E-state index in [1.807, 2.05) is 6.07 Å². The van der Waals surface area contributed by atoms with Gasteiger partial charge in [0.05, 0.1) is 24.1 Å². The molecular formula is C23H17FN4O3. The summed E-state index contributed by atoms with van der Waals surface area (Å²) < 4.78 is 20.5. The number of esters is 1. The number of aromatic nitrogens is 2. The van der Waals surface area contributed by atoms with E-state index in [4.69, 9.17) is 4.74 Å². The van der Waals surface area contributed by atoms with Crippen LogP contribution in [-0.4, -0.2) is 22.9 Å². The number of azo groups is 1. The number of carbonyl (C=O) groups is 1. The number of methoxy groups -OCH3 is 1. The van der Waals surface area contributed by atoms with E-state index in [-0.39, 0.29) is 28.2 Å². The molecule has 0 radical (unpaired) electrons. The first-order valence-electron chi connectivity index (χ1n) is 9.34. The van der Waals surface area contributed by atoms with Crippen LogP contribution >= 0.6 is 0 Å². The number of ether oxygens (including phenoxy) is 1. The topological polar surface area (TPSA) is 88.8 Å². The molecule has 1 heterocycles. The Morgan fingerprint density at radius 3 is 2.35 bits per heavy atom. The van der Waals surface area contributed by atoms with Crippen molar-refractivity contribution in [3.63, 3.8) is 0 Å². The van der Waals surface area contributed by atoms with Gasteiger partial charge in [-0.1, -0.05) is 42.5 Å². The van der Waals surface area contributed by atoms with Crippen LogP contribution < -0.4 is 5.56 Å². The first-order valence-corrected chi connectivity index (χ1v) is 9.34. The van der Waals surface area contributed by atoms with Crippen LogP contribution in [0, 0.1) is 5.82 Å². The molecule has 31 heavy (non-hydrogen) atoms. The molecule has 8 heteroatoms. The predicted molar refractivity (Wildman–Crippen MR) is 114 cm³/mol. The smallest absolute Gasteiger partial charge is 0.340 e. The number of aromatic amines is 1. The number of para-hydroxylation sites is 1. The zero-order chi connectivity index (χ0) is 21.8. The molecule has 0 aliphatic heterocycles. The molecule has 4 aromatic rings. The number of rotatable bonds is 5. The van der Waals surface area contributed by atoms with Gasteiger partial charge in [0.1, 0.15) is 11.5 Å². The van der Waals surface area contributed by atoms with Crippen LogP contribution in [0.1, 0.15) is 10.4 Å². The summed E-state index contributed by atoms with van der Waals surface area (Å²) in [6, 6.07) is 21.3. The van der Waals surface area contributed by atoms with Crippen molar-refractivity contribution >= 4 is 17.3 Å². The maximum atomic E-state index is 14.5. The minimum Gasteiger partial charge on any atom is -0.465 e. The van der Waals surface area contributed by atoms with Gasteiger partial charge in [-0.2, -0.15) is 0 Å². The molecular weight excluding hydrogens is 399 g/mol. The van der Waals surface area contributed by atoms with E-state index in [1.54, 1.807) is 54.6 Å². The number of hydrogen-bond donors (Lipinski definition) is 1. The molecule has 0 atom stereocenters. The Morgan fingerprint density at radius 2 is 1.61 bits per heavy atom. The van der Waals surface area contributed by atoms with Gasteiger partial charge < -0.3 is 4.74 Å². The van der Waals surface area contributed by atoms with E-state index in [1.165, 1.54) is 30.0 Å². The molecule has 0 aliphatic rings. The van der Waals surface area contributed by atoms with Crippen molar-refractivity contribution in [1.29, 1.82) is 0 Å². The van der Waals surface area contributed by atoms with Crippen molar-refractivity contribution in [1.82, 2.24) is 9.78 Å². The Bertz CT molecular complexity index is 1330. The zero-order valence-electron chi connectivity index (χ0n) is 16.4. The third kappa shape index (κ3) is 3.91. The van der Waals surface area contributed by atoms with E-state index >= 15 is 0 Å². The molecule has 3 aromatic carbocycles. The van der Waals surface area contributed by atoms with E-state index < -0.39 is 17.3 Å². The summed E-state index contributed by atoms with van der Waals surface area (Å²) in [5.41, 5.74) is 0.718. The summed E-state index contributed by atoms with van der Waals surface area (Å²) in [4.78, 5) is 25.1. The lowest BCUT2D eigenvalue weighted by Gasteiger charge is -2.03. The van der Waals surface area contributed by atoms with Gasteiger partial charge in [0, 0.05) is 5.56 Å². The lowest BCUT2D eigenvalue weighted by molar-refractivity contribution is 0.0601. The predicted octanol–water partition coefficient (Wildman–Crippen LogP) is 5.17. The lowest BCUT2D eigenvalue weighted by Crippen LogP contribution is -2.13. The summed E-state index contributed by atoms with van der Waals surface area (Å²) in [6.07, 6.45) is 0. The molecule has 1 N–H and O–H groups in total. The molecule has 0 saturated heterocycles. The molecule has 0 bridgehead atoms. The van der Waals surface area contributed by atoms with Crippen LogP contribution in [0.2, 0.25) is 0 Å². The summed E-state index contributed by atoms with van der Waals surface area (Å²) in [5.74, 6) is -1.10. The number of hydrogen-bond acceptors (Lipinski definition) is 5. The largest absolute Gasteiger partial charge is 0.465 e. The van der Waals surface area contributed by atoms with Gasteiger partial charge in [-0.05, 0) is 36.4 Å². The fourth-order valence-corrected chi connectivity index (χ4v) is 3.08. The molecule has 7 nitrogen and oxygen atoms in total. The van der Waals surface area contributed by atoms with Gasteiger partial charge >= 0.3 is 5.97 Å². The molecule has 1 aromatic heterocycles. The lowest BCUT2D eigenvalue weighted by atomic mass is 10.1. The van der Waals surface area contributed by atoms with E-state index in [2.05, 4.69) is 15.3 Å². The van der Waals surface area contributed by atoms with Crippen molar-refractivity contribution in [2.24, 2.45) is 10.2 Å². The molecule has 0 saturated carbocycles. The maximum Gasteiger partial charge on any atom is 0.340 e. The average molecular weight is 416 g/mol. The Morgan fingerprint density at radius 1 is 0.935 bits per heavy atom. The van der Waals surface area contributed by atoms with E-state index in [0.29, 0.717) is 5.69 Å². The number of nitrogens with one attached hydrogen (secondary N) is 1. The molecule has 0 amide bonds. The van der Waals surface area contributed by atoms with Gasteiger partial charge in [0.25, 0.3) is 5.56 Å². The second-order valence-electron chi connectivity index (χ2n) is 6.50. The highest BCUT2D eigenvalue weighted by molar-refractivity contribution is 5.94. The van der Waals surface area contributed by atoms with Crippen molar-refractivity contribution in [2.75, 3.05) is 7.11 Å². The number of carbonyl (C=O) groups excluding carboxylic acids is 1. The molecule has 4 rings (SSSR count). The molecule has 0 spiro atoms. The SMILES string of the molecule is COC(=O)c1ccccc1N=Nc1c(-c2ccccc2F)[nH]n(-c2ccccc2)c1=O. The molecule has 0 fully saturated rings. The second-order valence-corrected chi connectivity index (χ2v) is 6.50. The highest BCUT2D eigenvalue weighted by Crippen LogP contribution is 2.30.